The van der Waals surface area contributed by atoms with Crippen LogP contribution in [0.4, 0.5) is 0 Å². The number of hydrogen-bond acceptors (Lipinski definition) is 9. The maximum atomic E-state index is 14.2. The molecule has 8 rings (SSSR count). The van der Waals surface area contributed by atoms with Gasteiger partial charge in [-0.1, -0.05) is 48.5 Å². The Morgan fingerprint density at radius 2 is 1.63 bits per heavy atom. The summed E-state index contributed by atoms with van der Waals surface area (Å²) >= 11 is 1.20. The first-order valence-corrected chi connectivity index (χ1v) is 18.2. The SMILES string of the molecule is O=C(c1cnc(-c2cccnc2O)s1)N1CC[C@@H](C(=O)N2CCC(O)(Cn3cnc4c(ccn4-c4ccccc4)c3=O)CC2)[C@H](c2ccccc2)C1. The van der Waals surface area contributed by atoms with E-state index in [1.807, 2.05) is 76.3 Å². The average molecular weight is 716 g/mol. The van der Waals surface area contributed by atoms with Crippen molar-refractivity contribution in [3.63, 3.8) is 0 Å². The maximum absolute atomic E-state index is 14.2. The number of hydrogen-bond donors (Lipinski definition) is 2. The third kappa shape index (κ3) is 6.37. The fourth-order valence-electron chi connectivity index (χ4n) is 7.50. The number of nitrogens with zero attached hydrogens (tertiary/aromatic N) is 7. The van der Waals surface area contributed by atoms with Crippen LogP contribution in [0, 0.1) is 5.92 Å². The Morgan fingerprint density at radius 3 is 2.38 bits per heavy atom. The van der Waals surface area contributed by atoms with Crippen LogP contribution in [-0.2, 0) is 11.3 Å². The summed E-state index contributed by atoms with van der Waals surface area (Å²) in [6.07, 6.45) is 7.47. The molecule has 2 aliphatic heterocycles. The predicted octanol–water partition coefficient (Wildman–Crippen LogP) is 4.71. The zero-order chi connectivity index (χ0) is 35.8. The van der Waals surface area contributed by atoms with Crippen LogP contribution in [0.25, 0.3) is 27.3 Å². The van der Waals surface area contributed by atoms with Gasteiger partial charge in [0.1, 0.15) is 16.2 Å². The van der Waals surface area contributed by atoms with Crippen molar-refractivity contribution in [2.75, 3.05) is 26.2 Å². The van der Waals surface area contributed by atoms with E-state index < -0.39 is 5.60 Å². The summed E-state index contributed by atoms with van der Waals surface area (Å²) in [5, 5.41) is 22.8. The second-order valence-corrected chi connectivity index (χ2v) is 14.6. The molecule has 2 N–H and O–H groups in total. The highest BCUT2D eigenvalue weighted by molar-refractivity contribution is 7.16. The number of likely N-dealkylation sites (tertiary alicyclic amines) is 2. The Labute approximate surface area is 303 Å². The smallest absolute Gasteiger partial charge is 0.265 e. The number of pyridine rings is 1. The molecule has 2 saturated heterocycles. The molecule has 0 unspecified atom stereocenters. The number of aromatic hydroxyl groups is 1. The van der Waals surface area contributed by atoms with E-state index in [0.29, 0.717) is 71.9 Å². The fourth-order valence-corrected chi connectivity index (χ4v) is 8.41. The van der Waals surface area contributed by atoms with Crippen molar-refractivity contribution < 1.29 is 19.8 Å². The van der Waals surface area contributed by atoms with Crippen LogP contribution < -0.4 is 5.56 Å². The van der Waals surface area contributed by atoms with Gasteiger partial charge in [-0.2, -0.15) is 0 Å². The molecule has 0 radical (unpaired) electrons. The number of carbonyl (C=O) groups excluding carboxylic acids is 2. The number of rotatable bonds is 7. The van der Waals surface area contributed by atoms with E-state index in [1.165, 1.54) is 34.6 Å². The quantitative estimate of drug-likeness (QED) is 0.242. The molecule has 0 aliphatic carbocycles. The Bertz CT molecular complexity index is 2300. The molecule has 52 heavy (non-hydrogen) atoms. The van der Waals surface area contributed by atoms with Crippen molar-refractivity contribution in [2.45, 2.75) is 37.3 Å². The van der Waals surface area contributed by atoms with E-state index in [4.69, 9.17) is 0 Å². The van der Waals surface area contributed by atoms with Crippen LogP contribution >= 0.6 is 11.3 Å². The van der Waals surface area contributed by atoms with Crippen LogP contribution in [0.15, 0.2) is 109 Å². The number of carbonyl (C=O) groups is 2. The Morgan fingerprint density at radius 1 is 0.885 bits per heavy atom. The van der Waals surface area contributed by atoms with Crippen LogP contribution in [0.3, 0.4) is 0 Å². The lowest BCUT2D eigenvalue weighted by Crippen LogP contribution is -2.53. The van der Waals surface area contributed by atoms with Gasteiger partial charge in [0.05, 0.1) is 29.3 Å². The lowest BCUT2D eigenvalue weighted by atomic mass is 9.79. The van der Waals surface area contributed by atoms with Crippen LogP contribution in [0.1, 0.15) is 40.4 Å². The first-order valence-electron chi connectivity index (χ1n) is 17.4. The monoisotopic (exact) mass is 715 g/mol. The molecule has 2 atom stereocenters. The van der Waals surface area contributed by atoms with Crippen molar-refractivity contribution in [1.82, 2.24) is 33.9 Å². The first kappa shape index (κ1) is 33.5. The number of para-hydroxylation sites is 1. The molecule has 2 aliphatic rings. The van der Waals surface area contributed by atoms with Crippen LogP contribution in [0.2, 0.25) is 0 Å². The van der Waals surface area contributed by atoms with Crippen molar-refractivity contribution in [2.24, 2.45) is 5.92 Å². The number of fused-ring (bicyclic) bond motifs is 1. The number of aliphatic hydroxyl groups is 1. The fraction of sp³-hybridized carbons (Fsp3) is 0.282. The molecule has 6 heterocycles. The van der Waals surface area contributed by atoms with Crippen molar-refractivity contribution in [1.29, 1.82) is 0 Å². The molecule has 0 spiro atoms. The Hall–Kier alpha value is -5.66. The molecule has 0 saturated carbocycles. The largest absolute Gasteiger partial charge is 0.493 e. The third-order valence-electron chi connectivity index (χ3n) is 10.4. The van der Waals surface area contributed by atoms with Gasteiger partial charge in [0.25, 0.3) is 11.5 Å². The van der Waals surface area contributed by atoms with E-state index >= 15 is 0 Å². The zero-order valence-corrected chi connectivity index (χ0v) is 29.1. The summed E-state index contributed by atoms with van der Waals surface area (Å²) < 4.78 is 3.34. The molecule has 6 aromatic rings. The topological polar surface area (TPSA) is 147 Å². The van der Waals surface area contributed by atoms with Crippen LogP contribution in [0.5, 0.6) is 5.88 Å². The van der Waals surface area contributed by atoms with E-state index in [0.717, 1.165) is 11.3 Å². The van der Waals surface area contributed by atoms with Crippen LogP contribution in [-0.4, -0.2) is 87.7 Å². The molecule has 4 aromatic heterocycles. The molecular formula is C39H37N7O5S. The van der Waals surface area contributed by atoms with E-state index in [-0.39, 0.29) is 41.6 Å². The summed E-state index contributed by atoms with van der Waals surface area (Å²) in [5.74, 6) is -0.858. The summed E-state index contributed by atoms with van der Waals surface area (Å²) in [6.45, 7) is 1.57. The highest BCUT2D eigenvalue weighted by atomic mass is 32.1. The zero-order valence-electron chi connectivity index (χ0n) is 28.3. The highest BCUT2D eigenvalue weighted by Crippen LogP contribution is 2.37. The van der Waals surface area contributed by atoms with Gasteiger partial charge in [0, 0.05) is 56.1 Å². The second kappa shape index (κ2) is 13.8. The minimum Gasteiger partial charge on any atom is -0.493 e. The lowest BCUT2D eigenvalue weighted by Gasteiger charge is -2.43. The van der Waals surface area contributed by atoms with Gasteiger partial charge in [-0.15, -0.1) is 11.3 Å². The van der Waals surface area contributed by atoms with Crippen molar-refractivity contribution in [3.05, 3.63) is 125 Å². The van der Waals surface area contributed by atoms with E-state index in [2.05, 4.69) is 15.0 Å². The highest BCUT2D eigenvalue weighted by Gasteiger charge is 2.42. The van der Waals surface area contributed by atoms with Gasteiger partial charge in [0.2, 0.25) is 11.8 Å². The molecule has 264 valence electrons. The van der Waals surface area contributed by atoms with Crippen molar-refractivity contribution in [3.8, 4) is 22.1 Å². The van der Waals surface area contributed by atoms with Gasteiger partial charge >= 0.3 is 0 Å². The summed E-state index contributed by atoms with van der Waals surface area (Å²) in [5.41, 5.74) is 1.52. The molecule has 2 amide bonds. The molecule has 2 fully saturated rings. The predicted molar refractivity (Wildman–Crippen MR) is 196 cm³/mol. The van der Waals surface area contributed by atoms with Gasteiger partial charge in [-0.25, -0.2) is 15.0 Å². The van der Waals surface area contributed by atoms with Crippen molar-refractivity contribution >= 4 is 34.2 Å². The molecule has 0 bridgehead atoms. The standard InChI is InChI=1S/C39H37N7O5S/c47-34-30(12-7-17-40-34)35-41-22-32(52-35)38(50)44-18-13-28(31(23-44)26-8-3-1-4-9-26)36(48)43-20-15-39(51,16-21-43)24-45-25-42-33-29(37(45)49)14-19-46(33)27-10-5-2-6-11-27/h1-12,14,17,19,22,25,28,31,51H,13,15-16,18,20-21,23-24H2,(H,40,47)/t28-,31+/m1/s1. The number of thiazole rings is 1. The molecule has 12 nitrogen and oxygen atoms in total. The molecule has 2 aromatic carbocycles. The van der Waals surface area contributed by atoms with E-state index in [1.54, 1.807) is 23.1 Å². The van der Waals surface area contributed by atoms with Gasteiger partial charge in [-0.05, 0) is 55.2 Å². The Kier molecular flexibility index (Phi) is 8.89. The van der Waals surface area contributed by atoms with E-state index in [9.17, 15) is 24.6 Å². The minimum atomic E-state index is -1.17. The molecular weight excluding hydrogens is 679 g/mol. The maximum Gasteiger partial charge on any atom is 0.265 e. The normalized spacial score (nSPS) is 18.8. The Balaban J connectivity index is 0.948. The number of benzene rings is 2. The average Bonchev–Trinajstić information content (AvgIpc) is 3.85. The first-order chi connectivity index (χ1) is 25.3. The summed E-state index contributed by atoms with van der Waals surface area (Å²) in [6, 6.07) is 24.7. The minimum absolute atomic E-state index is 0.0117. The summed E-state index contributed by atoms with van der Waals surface area (Å²) in [7, 11) is 0. The van der Waals surface area contributed by atoms with Gasteiger partial charge in [-0.3, -0.25) is 19.0 Å². The van der Waals surface area contributed by atoms with Gasteiger partial charge < -0.3 is 24.6 Å². The molecule has 13 heteroatoms. The third-order valence-corrected chi connectivity index (χ3v) is 11.4. The number of aromatic nitrogens is 5. The lowest BCUT2D eigenvalue weighted by molar-refractivity contribution is -0.142. The van der Waals surface area contributed by atoms with Gasteiger partial charge in [0.15, 0.2) is 5.65 Å². The summed E-state index contributed by atoms with van der Waals surface area (Å²) in [4.78, 5) is 58.3. The number of piperidine rings is 2. The number of amides is 2. The second-order valence-electron chi connectivity index (χ2n) is 13.6.